The average Bonchev–Trinajstić information content (AvgIpc) is 3.57. The molecule has 2 unspecified atom stereocenters. The summed E-state index contributed by atoms with van der Waals surface area (Å²) >= 11 is 0. The number of H-pyrrole nitrogens is 1. The highest BCUT2D eigenvalue weighted by Gasteiger charge is 2.45. The number of benzene rings is 2. The molecule has 0 bridgehead atoms. The second-order valence-electron chi connectivity index (χ2n) is 11.6. The van der Waals surface area contributed by atoms with Gasteiger partial charge in [-0.25, -0.2) is 9.49 Å². The van der Waals surface area contributed by atoms with Gasteiger partial charge in [0.2, 0.25) is 5.91 Å². The van der Waals surface area contributed by atoms with Gasteiger partial charge in [-0.15, -0.1) is 0 Å². The van der Waals surface area contributed by atoms with Crippen molar-refractivity contribution in [1.82, 2.24) is 20.0 Å². The van der Waals surface area contributed by atoms with E-state index in [-0.39, 0.29) is 46.8 Å². The highest BCUT2D eigenvalue weighted by molar-refractivity contribution is 5.95. The van der Waals surface area contributed by atoms with Crippen LogP contribution in [0.25, 0.3) is 10.8 Å². The van der Waals surface area contributed by atoms with Gasteiger partial charge in [0.15, 0.2) is 0 Å². The molecule has 9 heteroatoms. The van der Waals surface area contributed by atoms with Gasteiger partial charge in [0.05, 0.1) is 22.7 Å². The summed E-state index contributed by atoms with van der Waals surface area (Å²) in [5.74, 6) is 0.779. The molecule has 3 aromatic rings. The number of fused-ring (bicyclic) bond motifs is 2. The number of aromatic amines is 1. The van der Waals surface area contributed by atoms with Crippen LogP contribution in [-0.4, -0.2) is 64.1 Å². The third-order valence-electron chi connectivity index (χ3n) is 8.84. The third-order valence-corrected chi connectivity index (χ3v) is 8.84. The van der Waals surface area contributed by atoms with Gasteiger partial charge >= 0.3 is 0 Å². The molecule has 0 radical (unpaired) electrons. The predicted molar refractivity (Wildman–Crippen MR) is 142 cm³/mol. The maximum atomic E-state index is 14.9. The average molecular weight is 531 g/mol. The monoisotopic (exact) mass is 530 g/mol. The largest absolute Gasteiger partial charge is 0.490 e. The van der Waals surface area contributed by atoms with Crippen LogP contribution in [0, 0.1) is 23.6 Å². The van der Waals surface area contributed by atoms with E-state index in [1.807, 2.05) is 11.0 Å². The SMILES string of the molecule is O=C(c1cc(Cc2n[nH]c(=O)c3ccc(OC4CCC4)cc23)ccc1F)N1CC2CN(C(=O)C3CC3)CC2C1. The fraction of sp³-hybridized carbons (Fsp3) is 0.467. The number of halogens is 1. The first-order valence-corrected chi connectivity index (χ1v) is 14.0. The van der Waals surface area contributed by atoms with Crippen LogP contribution in [-0.2, 0) is 11.2 Å². The van der Waals surface area contributed by atoms with E-state index in [2.05, 4.69) is 10.2 Å². The van der Waals surface area contributed by atoms with Crippen LogP contribution in [0.4, 0.5) is 4.39 Å². The third kappa shape index (κ3) is 4.57. The van der Waals surface area contributed by atoms with Gasteiger partial charge in [0, 0.05) is 55.7 Å². The van der Waals surface area contributed by atoms with Crippen molar-refractivity contribution >= 4 is 22.6 Å². The number of carbonyl (C=O) groups is 2. The fourth-order valence-corrected chi connectivity index (χ4v) is 6.23. The zero-order chi connectivity index (χ0) is 26.7. The number of hydrogen-bond donors (Lipinski definition) is 1. The standard InChI is InChI=1S/C30H31FN4O4/c31-26-9-4-17(11-27-24-12-22(39-21-2-1-3-21)7-8-23(24)28(36)33-32-27)10-25(26)30(38)35-15-19-13-34(14-20(19)16-35)29(37)18-5-6-18/h4,7-10,12,18-21H,1-3,5-6,11,13-16H2,(H,33,36). The number of aromatic nitrogens is 2. The van der Waals surface area contributed by atoms with Crippen molar-refractivity contribution < 1.29 is 18.7 Å². The fourth-order valence-electron chi connectivity index (χ4n) is 6.23. The summed E-state index contributed by atoms with van der Waals surface area (Å²) in [6.45, 7) is 2.45. The summed E-state index contributed by atoms with van der Waals surface area (Å²) in [4.78, 5) is 42.0. The minimum Gasteiger partial charge on any atom is -0.490 e. The lowest BCUT2D eigenvalue weighted by Gasteiger charge is -2.26. The number of ether oxygens (including phenoxy) is 1. The molecule has 0 spiro atoms. The van der Waals surface area contributed by atoms with Crippen LogP contribution in [0.3, 0.4) is 0 Å². The lowest BCUT2D eigenvalue weighted by Crippen LogP contribution is -2.36. The number of nitrogens with one attached hydrogen (secondary N) is 1. The van der Waals surface area contributed by atoms with Gasteiger partial charge in [-0.2, -0.15) is 5.10 Å². The molecule has 3 heterocycles. The van der Waals surface area contributed by atoms with Crippen LogP contribution < -0.4 is 10.3 Å². The van der Waals surface area contributed by atoms with Crippen molar-refractivity contribution in [2.24, 2.45) is 17.8 Å². The van der Waals surface area contributed by atoms with Crippen LogP contribution in [0.2, 0.25) is 0 Å². The van der Waals surface area contributed by atoms with Gasteiger partial charge in [0.1, 0.15) is 11.6 Å². The van der Waals surface area contributed by atoms with E-state index in [0.29, 0.717) is 54.8 Å². The van der Waals surface area contributed by atoms with Gasteiger partial charge in [-0.3, -0.25) is 14.4 Å². The summed E-state index contributed by atoms with van der Waals surface area (Å²) in [5, 5.41) is 8.05. The molecule has 4 fully saturated rings. The smallest absolute Gasteiger partial charge is 0.272 e. The van der Waals surface area contributed by atoms with Crippen LogP contribution in [0.15, 0.2) is 41.2 Å². The first-order chi connectivity index (χ1) is 18.9. The quantitative estimate of drug-likeness (QED) is 0.526. The predicted octanol–water partition coefficient (Wildman–Crippen LogP) is 3.52. The highest BCUT2D eigenvalue weighted by Crippen LogP contribution is 2.37. The lowest BCUT2D eigenvalue weighted by molar-refractivity contribution is -0.131. The molecule has 2 saturated heterocycles. The van der Waals surface area contributed by atoms with Crippen molar-refractivity contribution in [3.05, 3.63) is 69.4 Å². The van der Waals surface area contributed by atoms with Crippen LogP contribution in [0.1, 0.15) is 53.7 Å². The molecule has 2 saturated carbocycles. The Morgan fingerprint density at radius 3 is 2.38 bits per heavy atom. The van der Waals surface area contributed by atoms with E-state index >= 15 is 0 Å². The second-order valence-corrected chi connectivity index (χ2v) is 11.6. The molecule has 2 aromatic carbocycles. The molecule has 2 aliphatic heterocycles. The Kier molecular flexibility index (Phi) is 5.90. The lowest BCUT2D eigenvalue weighted by atomic mass is 9.96. The molecule has 4 aliphatic rings. The minimum atomic E-state index is -0.554. The van der Waals surface area contributed by atoms with Crippen molar-refractivity contribution in [2.45, 2.75) is 44.6 Å². The first-order valence-electron chi connectivity index (χ1n) is 14.0. The number of nitrogens with zero attached hydrogens (tertiary/aromatic N) is 3. The molecule has 39 heavy (non-hydrogen) atoms. The van der Waals surface area contributed by atoms with Gasteiger partial charge < -0.3 is 14.5 Å². The van der Waals surface area contributed by atoms with E-state index in [1.54, 1.807) is 29.2 Å². The molecule has 2 atom stereocenters. The van der Waals surface area contributed by atoms with Crippen molar-refractivity contribution in [1.29, 1.82) is 0 Å². The molecule has 1 aromatic heterocycles. The van der Waals surface area contributed by atoms with E-state index in [9.17, 15) is 18.8 Å². The Labute approximate surface area is 225 Å². The number of likely N-dealkylation sites (tertiary alicyclic amines) is 2. The number of hydrogen-bond acceptors (Lipinski definition) is 5. The Balaban J connectivity index is 1.09. The molecule has 2 aliphatic carbocycles. The Morgan fingerprint density at radius 2 is 1.69 bits per heavy atom. The summed E-state index contributed by atoms with van der Waals surface area (Å²) in [6, 6.07) is 9.98. The van der Waals surface area contributed by atoms with Gasteiger partial charge in [0.25, 0.3) is 11.5 Å². The Hall–Kier alpha value is -3.75. The van der Waals surface area contributed by atoms with Crippen LogP contribution in [0.5, 0.6) is 5.75 Å². The molecular weight excluding hydrogens is 499 g/mol. The summed E-state index contributed by atoms with van der Waals surface area (Å²) in [6.07, 6.45) is 5.73. The molecular formula is C30H31FN4O4. The maximum absolute atomic E-state index is 14.9. The van der Waals surface area contributed by atoms with Gasteiger partial charge in [-0.05, 0) is 68.0 Å². The van der Waals surface area contributed by atoms with Crippen molar-refractivity contribution in [3.8, 4) is 5.75 Å². The van der Waals surface area contributed by atoms with Gasteiger partial charge in [-0.1, -0.05) is 6.07 Å². The number of amides is 2. The van der Waals surface area contributed by atoms with E-state index in [1.165, 1.54) is 6.07 Å². The Bertz CT molecular complexity index is 1520. The summed E-state index contributed by atoms with van der Waals surface area (Å²) < 4.78 is 20.9. The van der Waals surface area contributed by atoms with Crippen LogP contribution >= 0.6 is 0 Å². The topological polar surface area (TPSA) is 95.6 Å². The maximum Gasteiger partial charge on any atom is 0.272 e. The first kappa shape index (κ1) is 24.3. The minimum absolute atomic E-state index is 0.0427. The zero-order valence-electron chi connectivity index (χ0n) is 21.7. The highest BCUT2D eigenvalue weighted by atomic mass is 19.1. The molecule has 8 nitrogen and oxygen atoms in total. The molecule has 202 valence electrons. The summed E-state index contributed by atoms with van der Waals surface area (Å²) in [5.41, 5.74) is 1.12. The molecule has 2 amide bonds. The number of rotatable bonds is 6. The van der Waals surface area contributed by atoms with E-state index in [4.69, 9.17) is 4.74 Å². The number of carbonyl (C=O) groups excluding carboxylic acids is 2. The van der Waals surface area contributed by atoms with E-state index in [0.717, 1.165) is 37.7 Å². The molecule has 7 rings (SSSR count). The normalized spacial score (nSPS) is 22.7. The molecule has 1 N–H and O–H groups in total. The van der Waals surface area contributed by atoms with E-state index < -0.39 is 5.82 Å². The summed E-state index contributed by atoms with van der Waals surface area (Å²) in [7, 11) is 0. The second kappa shape index (κ2) is 9.47. The Morgan fingerprint density at radius 1 is 0.949 bits per heavy atom. The van der Waals surface area contributed by atoms with Crippen molar-refractivity contribution in [2.75, 3.05) is 26.2 Å². The zero-order valence-corrected chi connectivity index (χ0v) is 21.7. The van der Waals surface area contributed by atoms with Crippen molar-refractivity contribution in [3.63, 3.8) is 0 Å².